The van der Waals surface area contributed by atoms with E-state index in [-0.39, 0.29) is 11.0 Å². The molecule has 8 rings (SSSR count). The Morgan fingerprint density at radius 2 is 1.50 bits per heavy atom. The van der Waals surface area contributed by atoms with Crippen LogP contribution in [-0.2, 0) is 18.0 Å². The second-order valence-electron chi connectivity index (χ2n) is 15.9. The van der Waals surface area contributed by atoms with Crippen molar-refractivity contribution in [3.63, 3.8) is 0 Å². The van der Waals surface area contributed by atoms with Crippen LogP contribution in [0.25, 0.3) is 45.1 Å². The molecule has 48 heavy (non-hydrogen) atoms. The quantitative estimate of drug-likeness (QED) is 0.164. The van der Waals surface area contributed by atoms with Gasteiger partial charge in [0, 0.05) is 40.2 Å². The Kier molecular flexibility index (Phi) is 7.77. The van der Waals surface area contributed by atoms with E-state index in [2.05, 4.69) is 123 Å². The van der Waals surface area contributed by atoms with E-state index < -0.39 is 0 Å². The standard InChI is InChI=1S/C45H56N3/c1-8-33-30(4)46(7)41-36(33)29-35(31-21-13-11-14-22-31)42(40(41)32-23-15-12-16-24-32)47-38-27-19-20-28-39(38)48-43(47)34-25-17-18-26-37(34)44(5,9-2)45(48,6)10-3/h8,17-20,25-29,31-32H,1,9-16,21-24H2,2-7H3/q+1. The van der Waals surface area contributed by atoms with Crippen molar-refractivity contribution in [3.8, 4) is 17.1 Å². The predicted octanol–water partition coefficient (Wildman–Crippen LogP) is 11.9. The van der Waals surface area contributed by atoms with Gasteiger partial charge in [0.15, 0.2) is 11.0 Å². The lowest BCUT2D eigenvalue weighted by molar-refractivity contribution is -0.743. The molecule has 0 amide bonds. The minimum atomic E-state index is -0.0893. The summed E-state index contributed by atoms with van der Waals surface area (Å²) in [5, 5.41) is 1.42. The topological polar surface area (TPSA) is 13.7 Å². The fourth-order valence-corrected chi connectivity index (χ4v) is 10.8. The molecular weight excluding hydrogens is 583 g/mol. The molecule has 0 saturated heterocycles. The normalized spacial score (nSPS) is 23.5. The zero-order valence-corrected chi connectivity index (χ0v) is 30.5. The number of hydrogen-bond acceptors (Lipinski definition) is 0. The van der Waals surface area contributed by atoms with Gasteiger partial charge in [0.2, 0.25) is 0 Å². The van der Waals surface area contributed by atoms with Crippen molar-refractivity contribution >= 4 is 28.0 Å². The molecule has 0 bridgehead atoms. The van der Waals surface area contributed by atoms with Crippen LogP contribution < -0.4 is 4.57 Å². The molecular formula is C45H56N3+. The third-order valence-corrected chi connectivity index (χ3v) is 14.0. The average Bonchev–Trinajstić information content (AvgIpc) is 3.61. The van der Waals surface area contributed by atoms with E-state index >= 15 is 0 Å². The highest BCUT2D eigenvalue weighted by Crippen LogP contribution is 2.54. The molecule has 2 fully saturated rings. The molecule has 0 N–H and O–H groups in total. The zero-order valence-electron chi connectivity index (χ0n) is 30.5. The highest BCUT2D eigenvalue weighted by Gasteiger charge is 2.56. The fraction of sp³-hybridized carbons (Fsp3) is 0.489. The van der Waals surface area contributed by atoms with Gasteiger partial charge in [-0.1, -0.05) is 102 Å². The molecule has 1 aliphatic heterocycles. The smallest absolute Gasteiger partial charge is 0.295 e. The molecule has 2 saturated carbocycles. The van der Waals surface area contributed by atoms with Crippen LogP contribution in [0.5, 0.6) is 0 Å². The van der Waals surface area contributed by atoms with Gasteiger partial charge in [-0.15, -0.1) is 0 Å². The van der Waals surface area contributed by atoms with E-state index in [1.165, 1.54) is 120 Å². The second kappa shape index (κ2) is 11.8. The Labute approximate surface area is 288 Å². The molecule has 0 spiro atoms. The zero-order chi connectivity index (χ0) is 33.4. The maximum atomic E-state index is 4.36. The Bertz CT molecular complexity index is 2040. The van der Waals surface area contributed by atoms with Gasteiger partial charge in [-0.25, -0.2) is 4.57 Å². The van der Waals surface area contributed by atoms with Crippen LogP contribution in [0.3, 0.4) is 0 Å². The first-order valence-corrected chi connectivity index (χ1v) is 19.2. The summed E-state index contributed by atoms with van der Waals surface area (Å²) in [6.45, 7) is 16.6. The molecule has 3 heterocycles. The number of nitrogens with zero attached hydrogens (tertiary/aromatic N) is 3. The summed E-state index contributed by atoms with van der Waals surface area (Å²) < 4.78 is 8.13. The first-order valence-electron chi connectivity index (χ1n) is 19.2. The summed E-state index contributed by atoms with van der Waals surface area (Å²) in [5.41, 5.74) is 14.3. The van der Waals surface area contributed by atoms with Gasteiger partial charge >= 0.3 is 0 Å². The van der Waals surface area contributed by atoms with E-state index in [9.17, 15) is 0 Å². The van der Waals surface area contributed by atoms with Crippen LogP contribution in [0.15, 0.2) is 61.2 Å². The highest BCUT2D eigenvalue weighted by molar-refractivity contribution is 5.97. The van der Waals surface area contributed by atoms with Crippen molar-refractivity contribution in [2.45, 2.75) is 134 Å². The molecule has 3 aliphatic rings. The number of fused-ring (bicyclic) bond motifs is 6. The summed E-state index contributed by atoms with van der Waals surface area (Å²) in [6.07, 6.45) is 17.4. The molecule has 2 atom stereocenters. The van der Waals surface area contributed by atoms with Crippen LogP contribution in [0.1, 0.15) is 145 Å². The van der Waals surface area contributed by atoms with E-state index in [1.807, 2.05) is 0 Å². The lowest BCUT2D eigenvalue weighted by atomic mass is 9.61. The van der Waals surface area contributed by atoms with Crippen molar-refractivity contribution in [2.75, 3.05) is 0 Å². The van der Waals surface area contributed by atoms with Crippen molar-refractivity contribution < 1.29 is 4.57 Å². The van der Waals surface area contributed by atoms with Gasteiger partial charge in [0.05, 0.1) is 11.1 Å². The first-order chi connectivity index (χ1) is 23.3. The van der Waals surface area contributed by atoms with Crippen LogP contribution in [-0.4, -0.2) is 9.13 Å². The Morgan fingerprint density at radius 3 is 2.17 bits per heavy atom. The highest BCUT2D eigenvalue weighted by atomic mass is 15.2. The van der Waals surface area contributed by atoms with E-state index in [1.54, 1.807) is 11.1 Å². The summed E-state index contributed by atoms with van der Waals surface area (Å²) in [5.74, 6) is 2.49. The van der Waals surface area contributed by atoms with Crippen LogP contribution in [0.4, 0.5) is 0 Å². The number of rotatable bonds is 6. The lowest BCUT2D eigenvalue weighted by Gasteiger charge is -2.48. The number of para-hydroxylation sites is 2. The Morgan fingerprint density at radius 1 is 0.854 bits per heavy atom. The van der Waals surface area contributed by atoms with Crippen LogP contribution in [0, 0.1) is 6.92 Å². The van der Waals surface area contributed by atoms with Gasteiger partial charge < -0.3 is 4.57 Å². The maximum absolute atomic E-state index is 4.36. The van der Waals surface area contributed by atoms with Gasteiger partial charge in [0.1, 0.15) is 11.2 Å². The molecule has 250 valence electrons. The average molecular weight is 639 g/mol. The third kappa shape index (κ3) is 4.21. The van der Waals surface area contributed by atoms with Crippen molar-refractivity contribution in [3.05, 3.63) is 89.1 Å². The van der Waals surface area contributed by atoms with Gasteiger partial charge in [-0.2, -0.15) is 4.57 Å². The molecule has 2 aliphatic carbocycles. The minimum Gasteiger partial charge on any atom is -0.347 e. The molecule has 3 heteroatoms. The Hall–Kier alpha value is -3.59. The summed E-state index contributed by atoms with van der Waals surface area (Å²) >= 11 is 0. The summed E-state index contributed by atoms with van der Waals surface area (Å²) in [4.78, 5) is 0. The third-order valence-electron chi connectivity index (χ3n) is 14.0. The second-order valence-corrected chi connectivity index (χ2v) is 15.9. The van der Waals surface area contributed by atoms with Gasteiger partial charge in [0.25, 0.3) is 5.82 Å². The van der Waals surface area contributed by atoms with Crippen LogP contribution in [0.2, 0.25) is 0 Å². The SMILES string of the molecule is C=Cc1c(C)n(C)c2c(C3CCCCC3)c(-n3c4[n+](c5ccccc53)C(C)(CC)C(C)(CC)c3ccccc3-4)c(C3CCCCC3)cc12. The monoisotopic (exact) mass is 638 g/mol. The van der Waals surface area contributed by atoms with Crippen molar-refractivity contribution in [1.82, 2.24) is 9.13 Å². The van der Waals surface area contributed by atoms with Crippen molar-refractivity contribution in [1.29, 1.82) is 0 Å². The molecule has 2 unspecified atom stereocenters. The predicted molar refractivity (Wildman–Crippen MR) is 203 cm³/mol. The maximum Gasteiger partial charge on any atom is 0.295 e. The minimum absolute atomic E-state index is 0.00140. The fourth-order valence-electron chi connectivity index (χ4n) is 10.8. The lowest BCUT2D eigenvalue weighted by Crippen LogP contribution is -2.67. The number of aromatic nitrogens is 3. The molecule has 3 nitrogen and oxygen atoms in total. The van der Waals surface area contributed by atoms with E-state index in [0.29, 0.717) is 11.8 Å². The number of aryl methyl sites for hydroxylation is 1. The number of benzene rings is 3. The van der Waals surface area contributed by atoms with Gasteiger partial charge in [-0.05, 0) is 94.0 Å². The Balaban J connectivity index is 1.61. The molecule has 0 radical (unpaired) electrons. The summed E-state index contributed by atoms with van der Waals surface area (Å²) in [6, 6.07) is 21.5. The number of hydrogen-bond donors (Lipinski definition) is 0. The van der Waals surface area contributed by atoms with Gasteiger partial charge in [-0.3, -0.25) is 0 Å². The molecule has 5 aromatic rings. The summed E-state index contributed by atoms with van der Waals surface area (Å²) in [7, 11) is 2.31. The molecule has 2 aromatic heterocycles. The van der Waals surface area contributed by atoms with E-state index in [0.717, 1.165) is 12.8 Å². The largest absolute Gasteiger partial charge is 0.347 e. The molecule has 3 aromatic carbocycles. The number of imidazole rings is 1. The van der Waals surface area contributed by atoms with Crippen LogP contribution >= 0.6 is 0 Å². The van der Waals surface area contributed by atoms with E-state index in [4.69, 9.17) is 0 Å². The van der Waals surface area contributed by atoms with Crippen molar-refractivity contribution in [2.24, 2.45) is 7.05 Å². The first kappa shape index (κ1) is 31.7.